The quantitative estimate of drug-likeness (QED) is 0.175. The monoisotopic (exact) mass is 650 g/mol. The van der Waals surface area contributed by atoms with Crippen LogP contribution in [0.15, 0.2) is 182 Å². The second kappa shape index (κ2) is 12.0. The zero-order valence-electron chi connectivity index (χ0n) is 28.1. The van der Waals surface area contributed by atoms with Gasteiger partial charge in [-0.1, -0.05) is 133 Å². The lowest BCUT2D eigenvalue weighted by molar-refractivity contribution is 1.07. The molecule has 1 aliphatic rings. The molecule has 0 spiro atoms. The molecule has 0 saturated carbocycles. The van der Waals surface area contributed by atoms with Gasteiger partial charge >= 0.3 is 0 Å². The largest absolute Gasteiger partial charge is 0.309 e. The molecule has 0 amide bonds. The maximum absolute atomic E-state index is 2.40. The molecule has 0 N–H and O–H groups in total. The molecule has 2 heterocycles. The van der Waals surface area contributed by atoms with E-state index < -0.39 is 0 Å². The van der Waals surface area contributed by atoms with Crippen LogP contribution < -0.4 is 10.6 Å². The number of fused-ring (bicyclic) bond motifs is 6. The summed E-state index contributed by atoms with van der Waals surface area (Å²) in [7, 11) is 0. The Balaban J connectivity index is 1.03. The van der Waals surface area contributed by atoms with Gasteiger partial charge in [-0.05, 0) is 100 Å². The fraction of sp³-hybridized carbons (Fsp3) is 0.0204. The Kier molecular flexibility index (Phi) is 6.92. The summed E-state index contributed by atoms with van der Waals surface area (Å²) < 4.78 is 4.79. The summed E-state index contributed by atoms with van der Waals surface area (Å²) in [5.41, 5.74) is 13.2. The smallest absolute Gasteiger partial charge is 0.0541 e. The van der Waals surface area contributed by atoms with E-state index in [0.29, 0.717) is 0 Å². The number of rotatable bonds is 5. The Hall–Kier alpha value is -6.64. The van der Waals surface area contributed by atoms with E-state index in [2.05, 4.69) is 203 Å². The van der Waals surface area contributed by atoms with Gasteiger partial charge in [0.2, 0.25) is 0 Å². The molecule has 0 saturated heterocycles. The van der Waals surface area contributed by atoms with Gasteiger partial charge in [0.25, 0.3) is 0 Å². The average Bonchev–Trinajstić information content (AvgIpc) is 3.58. The second-order valence-electron chi connectivity index (χ2n) is 13.3. The van der Waals surface area contributed by atoms with Crippen molar-refractivity contribution in [3.8, 4) is 44.8 Å². The minimum atomic E-state index is 0.943. The van der Waals surface area contributed by atoms with Gasteiger partial charge in [0.05, 0.1) is 21.9 Å². The van der Waals surface area contributed by atoms with Gasteiger partial charge in [-0.25, -0.2) is 0 Å². The first kappa shape index (κ1) is 29.3. The average molecular weight is 651 g/mol. The molecule has 0 aliphatic heterocycles. The van der Waals surface area contributed by atoms with Gasteiger partial charge in [-0.3, -0.25) is 0 Å². The Morgan fingerprint density at radius 3 is 1.35 bits per heavy atom. The van der Waals surface area contributed by atoms with Gasteiger partial charge in [-0.15, -0.1) is 0 Å². The van der Waals surface area contributed by atoms with E-state index in [0.717, 1.165) is 12.1 Å². The normalized spacial score (nSPS) is 12.5. The second-order valence-corrected chi connectivity index (χ2v) is 13.3. The van der Waals surface area contributed by atoms with E-state index in [1.165, 1.54) is 82.3 Å². The van der Waals surface area contributed by atoms with Crippen molar-refractivity contribution >= 4 is 44.9 Å². The van der Waals surface area contributed by atoms with Crippen LogP contribution in [0.3, 0.4) is 0 Å². The number of nitrogens with zero attached hydrogens (tertiary/aromatic N) is 2. The van der Waals surface area contributed by atoms with E-state index in [1.807, 2.05) is 0 Å². The van der Waals surface area contributed by atoms with Crippen molar-refractivity contribution in [2.45, 2.75) is 6.42 Å². The third kappa shape index (κ3) is 4.95. The molecule has 1 aliphatic carbocycles. The van der Waals surface area contributed by atoms with Crippen molar-refractivity contribution in [3.05, 3.63) is 193 Å². The highest BCUT2D eigenvalue weighted by atomic mass is 15.0. The van der Waals surface area contributed by atoms with Crippen molar-refractivity contribution in [1.82, 2.24) is 9.13 Å². The Bertz CT molecular complexity index is 2900. The van der Waals surface area contributed by atoms with Crippen LogP contribution in [-0.4, -0.2) is 9.13 Å². The van der Waals surface area contributed by atoms with Crippen LogP contribution in [0.4, 0.5) is 0 Å². The zero-order chi connectivity index (χ0) is 33.7. The lowest BCUT2D eigenvalue weighted by Gasteiger charge is -2.12. The maximum Gasteiger partial charge on any atom is 0.0541 e. The molecule has 10 rings (SSSR count). The fourth-order valence-electron chi connectivity index (χ4n) is 7.97. The van der Waals surface area contributed by atoms with E-state index in [-0.39, 0.29) is 0 Å². The third-order valence-electron chi connectivity index (χ3n) is 10.3. The highest BCUT2D eigenvalue weighted by Crippen LogP contribution is 2.35. The summed E-state index contributed by atoms with van der Waals surface area (Å²) in [6, 6.07) is 61.9. The summed E-state index contributed by atoms with van der Waals surface area (Å²) in [6.45, 7) is 0. The van der Waals surface area contributed by atoms with Crippen LogP contribution in [0.1, 0.15) is 6.42 Å². The summed E-state index contributed by atoms with van der Waals surface area (Å²) in [5.74, 6) is 0. The highest BCUT2D eigenvalue weighted by molar-refractivity contribution is 6.09. The third-order valence-corrected chi connectivity index (χ3v) is 10.3. The van der Waals surface area contributed by atoms with E-state index in [4.69, 9.17) is 0 Å². The van der Waals surface area contributed by atoms with Crippen LogP contribution in [0.25, 0.3) is 89.6 Å². The van der Waals surface area contributed by atoms with Crippen LogP contribution in [-0.2, 0) is 0 Å². The first-order valence-electron chi connectivity index (χ1n) is 17.7. The minimum Gasteiger partial charge on any atom is -0.309 e. The first-order chi connectivity index (χ1) is 25.3. The molecule has 0 radical (unpaired) electrons. The first-order valence-corrected chi connectivity index (χ1v) is 17.7. The Morgan fingerprint density at radius 2 is 0.804 bits per heavy atom. The topological polar surface area (TPSA) is 9.86 Å². The van der Waals surface area contributed by atoms with Crippen molar-refractivity contribution in [2.24, 2.45) is 0 Å². The fourth-order valence-corrected chi connectivity index (χ4v) is 7.97. The van der Waals surface area contributed by atoms with E-state index >= 15 is 0 Å². The van der Waals surface area contributed by atoms with Crippen molar-refractivity contribution in [1.29, 1.82) is 0 Å². The number of allylic oxidation sites excluding steroid dienone is 2. The lowest BCUT2D eigenvalue weighted by Crippen LogP contribution is -2.27. The molecule has 7 aromatic carbocycles. The highest BCUT2D eigenvalue weighted by Gasteiger charge is 2.14. The van der Waals surface area contributed by atoms with Crippen molar-refractivity contribution in [2.75, 3.05) is 0 Å². The van der Waals surface area contributed by atoms with Crippen LogP contribution in [0, 0.1) is 0 Å². The molecule has 51 heavy (non-hydrogen) atoms. The van der Waals surface area contributed by atoms with E-state index in [1.54, 1.807) is 0 Å². The van der Waals surface area contributed by atoms with Crippen molar-refractivity contribution < 1.29 is 0 Å². The molecule has 2 aromatic heterocycles. The molecule has 9 aromatic rings. The van der Waals surface area contributed by atoms with Crippen LogP contribution in [0.2, 0.25) is 0 Å². The molecule has 2 nitrogen and oxygen atoms in total. The van der Waals surface area contributed by atoms with Crippen LogP contribution >= 0.6 is 0 Å². The molecule has 2 heteroatoms. The van der Waals surface area contributed by atoms with E-state index in [9.17, 15) is 0 Å². The van der Waals surface area contributed by atoms with Gasteiger partial charge < -0.3 is 9.13 Å². The SMILES string of the molecule is C1=CCC=c2c(n(-c3cccc(-c4cccc(-c5cccc(-c6cccc(-n7c8ccccc8c8ccccc87)c6)c5)c4)c3)c3ccccc23)=C1. The zero-order valence-corrected chi connectivity index (χ0v) is 28.1. The lowest BCUT2D eigenvalue weighted by atomic mass is 9.96. The van der Waals surface area contributed by atoms with Gasteiger partial charge in [0.15, 0.2) is 0 Å². The van der Waals surface area contributed by atoms with Gasteiger partial charge in [0.1, 0.15) is 0 Å². The number of benzene rings is 7. The predicted molar refractivity (Wildman–Crippen MR) is 216 cm³/mol. The standard InChI is InChI=1S/C49H34N2/c1-2-22-42-43-23-4-7-27-47(43)50(46(42)26-3-1)40-20-12-18-38(32-40)36-16-10-14-34(30-36)35-15-11-17-37(31-35)39-19-13-21-41(33-39)51-48-28-8-5-24-44(48)45-25-6-9-29-49(45)51/h1,3-33H,2H2. The molecule has 0 unspecified atom stereocenters. The number of hydrogen-bond acceptors (Lipinski definition) is 0. The molecule has 240 valence electrons. The summed E-state index contributed by atoms with van der Waals surface area (Å²) >= 11 is 0. The summed E-state index contributed by atoms with van der Waals surface area (Å²) in [5, 5.41) is 6.38. The summed E-state index contributed by atoms with van der Waals surface area (Å²) in [6.07, 6.45) is 9.94. The number of aromatic nitrogens is 2. The maximum atomic E-state index is 2.40. The Morgan fingerprint density at radius 1 is 0.373 bits per heavy atom. The predicted octanol–water partition coefficient (Wildman–Crippen LogP) is 11.2. The number of para-hydroxylation sites is 3. The van der Waals surface area contributed by atoms with Gasteiger partial charge in [-0.2, -0.15) is 0 Å². The molecule has 0 bridgehead atoms. The van der Waals surface area contributed by atoms with Crippen molar-refractivity contribution in [3.63, 3.8) is 0 Å². The number of hydrogen-bond donors (Lipinski definition) is 0. The van der Waals surface area contributed by atoms with Gasteiger partial charge in [0, 0.05) is 32.8 Å². The molecular weight excluding hydrogens is 617 g/mol. The molecule has 0 fully saturated rings. The molecular formula is C49H34N2. The minimum absolute atomic E-state index is 0.943. The molecule has 0 atom stereocenters. The van der Waals surface area contributed by atoms with Crippen LogP contribution in [0.5, 0.6) is 0 Å². The summed E-state index contributed by atoms with van der Waals surface area (Å²) in [4.78, 5) is 0. The Labute approximate surface area is 296 Å².